The predicted molar refractivity (Wildman–Crippen MR) is 106 cm³/mol. The maximum atomic E-state index is 12.5. The molecule has 1 aliphatic heterocycles. The lowest BCUT2D eigenvalue weighted by atomic mass is 10.1. The quantitative estimate of drug-likeness (QED) is 0.808. The molecule has 6 nitrogen and oxygen atoms in total. The zero-order valence-corrected chi connectivity index (χ0v) is 16.4. The van der Waals surface area contributed by atoms with E-state index in [1.54, 1.807) is 24.5 Å². The Morgan fingerprint density at radius 2 is 2.12 bits per heavy atom. The zero-order valence-electron chi connectivity index (χ0n) is 15.6. The number of thiazole rings is 1. The first-order valence-electron chi connectivity index (χ1n) is 8.90. The van der Waals surface area contributed by atoms with Gasteiger partial charge in [0, 0.05) is 43.7 Å². The molecule has 0 bridgehead atoms. The minimum absolute atomic E-state index is 0.0591. The van der Waals surface area contributed by atoms with Crippen LogP contribution in [-0.2, 0) is 0 Å². The normalized spacial score (nSPS) is 14.4. The van der Waals surface area contributed by atoms with Crippen molar-refractivity contribution < 1.29 is 9.53 Å². The third-order valence-corrected chi connectivity index (χ3v) is 5.53. The van der Waals surface area contributed by atoms with Crippen LogP contribution < -0.4 is 15.0 Å². The number of rotatable bonds is 7. The number of anilines is 1. The maximum Gasteiger partial charge on any atom is 0.251 e. The van der Waals surface area contributed by atoms with Crippen molar-refractivity contribution in [3.8, 4) is 17.0 Å². The molecule has 3 rings (SSSR count). The number of carbonyl (C=O) groups is 1. The number of nitrogens with one attached hydrogen (secondary N) is 1. The first kappa shape index (κ1) is 18.7. The van der Waals surface area contributed by atoms with Gasteiger partial charge in [-0.15, -0.1) is 11.3 Å². The Morgan fingerprint density at radius 3 is 2.77 bits per heavy atom. The van der Waals surface area contributed by atoms with Crippen molar-refractivity contribution in [1.82, 2.24) is 15.2 Å². The fraction of sp³-hybridized carbons (Fsp3) is 0.474. The molecule has 2 aromatic rings. The second-order valence-electron chi connectivity index (χ2n) is 6.63. The van der Waals surface area contributed by atoms with Crippen molar-refractivity contribution in [3.63, 3.8) is 0 Å². The van der Waals surface area contributed by atoms with Gasteiger partial charge in [0.05, 0.1) is 12.8 Å². The molecule has 140 valence electrons. The minimum Gasteiger partial charge on any atom is -0.496 e. The van der Waals surface area contributed by atoms with Crippen LogP contribution in [0.5, 0.6) is 5.75 Å². The molecule has 0 radical (unpaired) electrons. The van der Waals surface area contributed by atoms with Gasteiger partial charge < -0.3 is 19.9 Å². The van der Waals surface area contributed by atoms with Gasteiger partial charge in [-0.3, -0.25) is 4.79 Å². The van der Waals surface area contributed by atoms with Crippen LogP contribution in [0, 0.1) is 0 Å². The van der Waals surface area contributed by atoms with Gasteiger partial charge in [0.15, 0.2) is 5.13 Å². The van der Waals surface area contributed by atoms with Crippen molar-refractivity contribution in [3.05, 3.63) is 29.1 Å². The lowest BCUT2D eigenvalue weighted by Crippen LogP contribution is -2.33. The highest BCUT2D eigenvalue weighted by molar-refractivity contribution is 7.14. The van der Waals surface area contributed by atoms with Crippen LogP contribution in [0.2, 0.25) is 0 Å². The fourth-order valence-electron chi connectivity index (χ4n) is 3.08. The van der Waals surface area contributed by atoms with Crippen molar-refractivity contribution in [2.24, 2.45) is 0 Å². The van der Waals surface area contributed by atoms with Crippen LogP contribution in [0.1, 0.15) is 23.2 Å². The van der Waals surface area contributed by atoms with E-state index in [0.29, 0.717) is 17.9 Å². The van der Waals surface area contributed by atoms with Gasteiger partial charge in [0.1, 0.15) is 5.75 Å². The zero-order chi connectivity index (χ0) is 18.5. The molecule has 1 aromatic carbocycles. The van der Waals surface area contributed by atoms with E-state index in [0.717, 1.165) is 36.0 Å². The number of aromatic nitrogens is 1. The highest BCUT2D eigenvalue weighted by Gasteiger charge is 2.16. The summed E-state index contributed by atoms with van der Waals surface area (Å²) in [6, 6.07) is 5.49. The maximum absolute atomic E-state index is 12.5. The molecule has 26 heavy (non-hydrogen) atoms. The van der Waals surface area contributed by atoms with Crippen LogP contribution in [-0.4, -0.2) is 63.2 Å². The molecule has 0 atom stereocenters. The molecule has 1 aliphatic rings. The fourth-order valence-corrected chi connectivity index (χ4v) is 3.84. The van der Waals surface area contributed by atoms with E-state index >= 15 is 0 Å². The van der Waals surface area contributed by atoms with Gasteiger partial charge in [0.2, 0.25) is 0 Å². The third kappa shape index (κ3) is 4.34. The second-order valence-corrected chi connectivity index (χ2v) is 7.47. The van der Waals surface area contributed by atoms with E-state index in [4.69, 9.17) is 4.74 Å². The number of hydrogen-bond donors (Lipinski definition) is 1. The molecular formula is C19H26N4O2S. The molecular weight excluding hydrogens is 348 g/mol. The number of methoxy groups -OCH3 is 1. The van der Waals surface area contributed by atoms with Crippen LogP contribution in [0.3, 0.4) is 0 Å². The Hall–Kier alpha value is -2.12. The third-order valence-electron chi connectivity index (χ3n) is 4.52. The van der Waals surface area contributed by atoms with Crippen LogP contribution >= 0.6 is 11.3 Å². The molecule has 0 unspecified atom stereocenters. The van der Waals surface area contributed by atoms with Crippen LogP contribution in [0.25, 0.3) is 11.3 Å². The smallest absolute Gasteiger partial charge is 0.251 e. The van der Waals surface area contributed by atoms with Crippen molar-refractivity contribution in [1.29, 1.82) is 0 Å². The molecule has 0 aliphatic carbocycles. The summed E-state index contributed by atoms with van der Waals surface area (Å²) in [7, 11) is 5.56. The van der Waals surface area contributed by atoms with E-state index in [1.807, 2.05) is 36.5 Å². The molecule has 1 N–H and O–H groups in total. The van der Waals surface area contributed by atoms with E-state index in [1.165, 1.54) is 12.8 Å². The predicted octanol–water partition coefficient (Wildman–Crippen LogP) is 2.71. The summed E-state index contributed by atoms with van der Waals surface area (Å²) >= 11 is 1.57. The van der Waals surface area contributed by atoms with Gasteiger partial charge in [-0.2, -0.15) is 0 Å². The molecule has 1 fully saturated rings. The SMILES string of the molecule is COc1ccc(C(=O)NCCN2CCCC2)cc1-c1csc(N(C)C)n1. The van der Waals surface area contributed by atoms with E-state index in [-0.39, 0.29) is 5.91 Å². The summed E-state index contributed by atoms with van der Waals surface area (Å²) < 4.78 is 5.47. The highest BCUT2D eigenvalue weighted by Crippen LogP contribution is 2.33. The Balaban J connectivity index is 1.72. The van der Waals surface area contributed by atoms with Gasteiger partial charge in [-0.05, 0) is 44.1 Å². The summed E-state index contributed by atoms with van der Waals surface area (Å²) in [5.74, 6) is 0.658. The average molecular weight is 375 g/mol. The molecule has 2 heterocycles. The molecule has 7 heteroatoms. The Kier molecular flexibility index (Phi) is 6.11. The number of benzene rings is 1. The number of nitrogens with zero attached hydrogens (tertiary/aromatic N) is 3. The van der Waals surface area contributed by atoms with E-state index in [2.05, 4.69) is 15.2 Å². The Labute approximate surface area is 158 Å². The molecule has 0 saturated carbocycles. The molecule has 0 spiro atoms. The first-order valence-corrected chi connectivity index (χ1v) is 9.78. The molecule has 1 amide bonds. The van der Waals surface area contributed by atoms with Gasteiger partial charge in [-0.25, -0.2) is 4.98 Å². The minimum atomic E-state index is -0.0591. The topological polar surface area (TPSA) is 57.7 Å². The Bertz CT molecular complexity index is 754. The summed E-state index contributed by atoms with van der Waals surface area (Å²) in [5, 5.41) is 5.93. The number of ether oxygens (including phenoxy) is 1. The Morgan fingerprint density at radius 1 is 1.35 bits per heavy atom. The van der Waals surface area contributed by atoms with E-state index < -0.39 is 0 Å². The van der Waals surface area contributed by atoms with E-state index in [9.17, 15) is 4.79 Å². The van der Waals surface area contributed by atoms with Crippen LogP contribution in [0.4, 0.5) is 5.13 Å². The van der Waals surface area contributed by atoms with Gasteiger partial charge in [-0.1, -0.05) is 0 Å². The largest absolute Gasteiger partial charge is 0.496 e. The number of amides is 1. The van der Waals surface area contributed by atoms with Crippen molar-refractivity contribution >= 4 is 22.4 Å². The first-order chi connectivity index (χ1) is 12.6. The average Bonchev–Trinajstić information content (AvgIpc) is 3.33. The summed E-state index contributed by atoms with van der Waals surface area (Å²) in [5.41, 5.74) is 2.29. The molecule has 1 saturated heterocycles. The molecule has 1 aromatic heterocycles. The number of likely N-dealkylation sites (tertiary alicyclic amines) is 1. The second kappa shape index (κ2) is 8.51. The monoisotopic (exact) mass is 374 g/mol. The van der Waals surface area contributed by atoms with Crippen molar-refractivity contribution in [2.75, 3.05) is 52.3 Å². The lowest BCUT2D eigenvalue weighted by molar-refractivity contribution is 0.0950. The van der Waals surface area contributed by atoms with Crippen LogP contribution in [0.15, 0.2) is 23.6 Å². The number of carbonyl (C=O) groups excluding carboxylic acids is 1. The number of hydrogen-bond acceptors (Lipinski definition) is 6. The summed E-state index contributed by atoms with van der Waals surface area (Å²) in [6.45, 7) is 3.86. The summed E-state index contributed by atoms with van der Waals surface area (Å²) in [6.07, 6.45) is 2.52. The van der Waals surface area contributed by atoms with Gasteiger partial charge in [0.25, 0.3) is 5.91 Å². The highest BCUT2D eigenvalue weighted by atomic mass is 32.1. The lowest BCUT2D eigenvalue weighted by Gasteiger charge is -2.15. The summed E-state index contributed by atoms with van der Waals surface area (Å²) in [4.78, 5) is 21.5. The van der Waals surface area contributed by atoms with Gasteiger partial charge >= 0.3 is 0 Å². The van der Waals surface area contributed by atoms with Crippen molar-refractivity contribution in [2.45, 2.75) is 12.8 Å². The standard InChI is InChI=1S/C19H26N4O2S/c1-22(2)19-21-16(13-26-19)15-12-14(6-7-17(15)25-3)18(24)20-8-11-23-9-4-5-10-23/h6-7,12-13H,4-5,8-11H2,1-3H3,(H,20,24).